The Morgan fingerprint density at radius 1 is 0.333 bits per heavy atom. The van der Waals surface area contributed by atoms with Crippen LogP contribution in [0.1, 0.15) is 380 Å². The Bertz CT molecular complexity index is 1190. The van der Waals surface area contributed by atoms with Crippen molar-refractivity contribution < 1.29 is 15.0 Å². The van der Waals surface area contributed by atoms with Crippen molar-refractivity contribution in [2.45, 2.75) is 392 Å². The van der Waals surface area contributed by atoms with Crippen molar-refractivity contribution in [3.05, 3.63) is 48.6 Å². The van der Waals surface area contributed by atoms with Gasteiger partial charge in [0.15, 0.2) is 0 Å². The van der Waals surface area contributed by atoms with Crippen LogP contribution in [0.3, 0.4) is 0 Å². The summed E-state index contributed by atoms with van der Waals surface area (Å²) in [6.45, 7) is 4.29. The lowest BCUT2D eigenvalue weighted by Crippen LogP contribution is -2.45. The van der Waals surface area contributed by atoms with Crippen LogP contribution in [-0.2, 0) is 4.79 Å². The molecule has 2 unspecified atom stereocenters. The summed E-state index contributed by atoms with van der Waals surface area (Å²) in [6, 6.07) is -0.536. The zero-order valence-electron chi connectivity index (χ0n) is 51.1. The van der Waals surface area contributed by atoms with Crippen molar-refractivity contribution in [2.24, 2.45) is 0 Å². The van der Waals surface area contributed by atoms with E-state index in [0.29, 0.717) is 12.8 Å². The Morgan fingerprint density at radius 2 is 0.587 bits per heavy atom. The van der Waals surface area contributed by atoms with Gasteiger partial charge in [-0.05, 0) is 51.4 Å². The molecule has 4 nitrogen and oxygen atoms in total. The molecule has 0 fully saturated rings. The van der Waals surface area contributed by atoms with Crippen LogP contribution in [0.4, 0.5) is 0 Å². The standard InChI is InChI=1S/C71H135NO3/c1-3-5-7-9-11-13-15-17-19-21-23-25-27-29-30-31-32-33-34-35-36-37-38-39-40-41-42-43-45-47-49-51-53-55-57-59-61-63-65-67-71(75)72-69(68-73)70(74)66-64-62-60-58-56-54-52-50-48-46-44-28-26-24-22-20-18-16-14-12-10-8-6-4-2/h5,7,11,13,17,19,23,25,69-70,73-74H,3-4,6,8-10,12,14-16,18,20-22,24,26-68H2,1-2H3,(H,72,75)/b7-5-,13-11-,19-17-,25-23-. The molecular weight excluding hydrogens is 915 g/mol. The Kier molecular flexibility index (Phi) is 65.2. The largest absolute Gasteiger partial charge is 0.394 e. The third kappa shape index (κ3) is 63.1. The van der Waals surface area contributed by atoms with Crippen molar-refractivity contribution in [3.63, 3.8) is 0 Å². The van der Waals surface area contributed by atoms with Crippen LogP contribution < -0.4 is 5.32 Å². The Balaban J connectivity index is 3.37. The number of aliphatic hydroxyl groups excluding tert-OH is 2. The molecule has 3 N–H and O–H groups in total. The number of carbonyl (C=O) groups is 1. The van der Waals surface area contributed by atoms with E-state index in [1.165, 1.54) is 302 Å². The molecule has 0 saturated heterocycles. The molecule has 0 aliphatic rings. The van der Waals surface area contributed by atoms with Gasteiger partial charge in [0.2, 0.25) is 5.91 Å². The van der Waals surface area contributed by atoms with Crippen LogP contribution in [0.2, 0.25) is 0 Å². The summed E-state index contributed by atoms with van der Waals surface area (Å²) in [5.74, 6) is -0.0226. The first-order chi connectivity index (χ1) is 37.2. The Morgan fingerprint density at radius 3 is 0.880 bits per heavy atom. The van der Waals surface area contributed by atoms with Gasteiger partial charge in [0.05, 0.1) is 18.8 Å². The first-order valence-electron chi connectivity index (χ1n) is 34.3. The van der Waals surface area contributed by atoms with E-state index in [-0.39, 0.29) is 12.5 Å². The van der Waals surface area contributed by atoms with Crippen molar-refractivity contribution >= 4 is 5.91 Å². The molecule has 75 heavy (non-hydrogen) atoms. The lowest BCUT2D eigenvalue weighted by Gasteiger charge is -2.22. The smallest absolute Gasteiger partial charge is 0.220 e. The lowest BCUT2D eigenvalue weighted by molar-refractivity contribution is -0.123. The van der Waals surface area contributed by atoms with Gasteiger partial charge in [-0.2, -0.15) is 0 Å². The van der Waals surface area contributed by atoms with Crippen LogP contribution in [0.5, 0.6) is 0 Å². The van der Waals surface area contributed by atoms with Gasteiger partial charge in [-0.15, -0.1) is 0 Å². The first-order valence-corrected chi connectivity index (χ1v) is 34.3. The maximum absolute atomic E-state index is 12.6. The summed E-state index contributed by atoms with van der Waals surface area (Å²) in [5, 5.41) is 23.5. The molecule has 0 aliphatic carbocycles. The number of hydrogen-bond donors (Lipinski definition) is 3. The van der Waals surface area contributed by atoms with E-state index < -0.39 is 12.1 Å². The number of allylic oxidation sites excluding steroid dienone is 8. The minimum atomic E-state index is -0.659. The van der Waals surface area contributed by atoms with Gasteiger partial charge in [0, 0.05) is 6.42 Å². The first kappa shape index (κ1) is 73.3. The highest BCUT2D eigenvalue weighted by Crippen LogP contribution is 2.19. The highest BCUT2D eigenvalue weighted by molar-refractivity contribution is 5.76. The van der Waals surface area contributed by atoms with Crippen LogP contribution >= 0.6 is 0 Å². The predicted molar refractivity (Wildman–Crippen MR) is 336 cm³/mol. The molecule has 0 aromatic heterocycles. The molecule has 4 heteroatoms. The number of unbranched alkanes of at least 4 members (excludes halogenated alkanes) is 49. The molecule has 2 atom stereocenters. The highest BCUT2D eigenvalue weighted by Gasteiger charge is 2.20. The number of aliphatic hydroxyl groups is 2. The van der Waals surface area contributed by atoms with E-state index in [2.05, 4.69) is 67.8 Å². The van der Waals surface area contributed by atoms with Gasteiger partial charge < -0.3 is 15.5 Å². The van der Waals surface area contributed by atoms with E-state index in [1.54, 1.807) is 0 Å². The molecule has 0 spiro atoms. The van der Waals surface area contributed by atoms with Crippen molar-refractivity contribution in [1.82, 2.24) is 5.32 Å². The summed E-state index contributed by atoms with van der Waals surface area (Å²) in [6.07, 6.45) is 93.1. The second-order valence-electron chi connectivity index (χ2n) is 23.6. The SMILES string of the molecule is CC/C=C\C/C=C\C/C=C\C/C=C\CCCCCCCCCCCCCCCCCCCCCCCCCCCCC(=O)NC(CO)C(O)CCCCCCCCCCCCCCCCCCCCCCCCCC. The molecule has 0 bridgehead atoms. The molecule has 0 rings (SSSR count). The van der Waals surface area contributed by atoms with E-state index in [0.717, 1.165) is 51.4 Å². The molecule has 1 amide bonds. The van der Waals surface area contributed by atoms with E-state index in [4.69, 9.17) is 0 Å². The van der Waals surface area contributed by atoms with Crippen molar-refractivity contribution in [2.75, 3.05) is 6.61 Å². The Labute approximate surface area is 471 Å². The summed E-state index contributed by atoms with van der Waals surface area (Å²) in [5.41, 5.74) is 0. The molecule has 442 valence electrons. The fourth-order valence-corrected chi connectivity index (χ4v) is 10.9. The zero-order chi connectivity index (χ0) is 54.1. The summed E-state index contributed by atoms with van der Waals surface area (Å²) < 4.78 is 0. The number of carbonyl (C=O) groups excluding carboxylic acids is 1. The van der Waals surface area contributed by atoms with Gasteiger partial charge >= 0.3 is 0 Å². The third-order valence-electron chi connectivity index (χ3n) is 16.1. The van der Waals surface area contributed by atoms with Gasteiger partial charge in [0.25, 0.3) is 0 Å². The number of rotatable bonds is 64. The monoisotopic (exact) mass is 1050 g/mol. The van der Waals surface area contributed by atoms with Crippen molar-refractivity contribution in [3.8, 4) is 0 Å². The maximum atomic E-state index is 12.6. The highest BCUT2D eigenvalue weighted by atomic mass is 16.3. The van der Waals surface area contributed by atoms with E-state index in [9.17, 15) is 15.0 Å². The molecule has 0 heterocycles. The topological polar surface area (TPSA) is 69.6 Å². The normalized spacial score (nSPS) is 13.0. The quantitative estimate of drug-likeness (QED) is 0.0420. The average molecular weight is 1050 g/mol. The number of amides is 1. The molecule has 0 saturated carbocycles. The van der Waals surface area contributed by atoms with Gasteiger partial charge in [-0.1, -0.05) is 371 Å². The predicted octanol–water partition coefficient (Wildman–Crippen LogP) is 23.3. The van der Waals surface area contributed by atoms with Gasteiger partial charge in [0.1, 0.15) is 0 Å². The molecular formula is C71H135NO3. The number of nitrogens with one attached hydrogen (secondary N) is 1. The second-order valence-corrected chi connectivity index (χ2v) is 23.6. The Hall–Kier alpha value is -1.65. The molecule has 0 aromatic carbocycles. The van der Waals surface area contributed by atoms with Gasteiger partial charge in [-0.3, -0.25) is 4.79 Å². The van der Waals surface area contributed by atoms with Crippen LogP contribution in [0, 0.1) is 0 Å². The lowest BCUT2D eigenvalue weighted by atomic mass is 10.0. The average Bonchev–Trinajstić information content (AvgIpc) is 3.41. The number of hydrogen-bond acceptors (Lipinski definition) is 3. The zero-order valence-corrected chi connectivity index (χ0v) is 51.1. The maximum Gasteiger partial charge on any atom is 0.220 e. The summed E-state index contributed by atoms with van der Waals surface area (Å²) >= 11 is 0. The van der Waals surface area contributed by atoms with E-state index in [1.807, 2.05) is 0 Å². The minimum Gasteiger partial charge on any atom is -0.394 e. The third-order valence-corrected chi connectivity index (χ3v) is 16.1. The molecule has 0 radical (unpaired) electrons. The fourth-order valence-electron chi connectivity index (χ4n) is 10.9. The van der Waals surface area contributed by atoms with E-state index >= 15 is 0 Å². The molecule has 0 aromatic rings. The van der Waals surface area contributed by atoms with Crippen LogP contribution in [0.25, 0.3) is 0 Å². The minimum absolute atomic E-state index is 0.0226. The van der Waals surface area contributed by atoms with Crippen molar-refractivity contribution in [1.29, 1.82) is 0 Å². The van der Waals surface area contributed by atoms with Crippen LogP contribution in [-0.4, -0.2) is 34.9 Å². The summed E-state index contributed by atoms with van der Waals surface area (Å²) in [7, 11) is 0. The second kappa shape index (κ2) is 66.6. The molecule has 0 aliphatic heterocycles. The van der Waals surface area contributed by atoms with Crippen LogP contribution in [0.15, 0.2) is 48.6 Å². The fraction of sp³-hybridized carbons (Fsp3) is 0.873. The summed E-state index contributed by atoms with van der Waals surface area (Å²) in [4.78, 5) is 12.6. The van der Waals surface area contributed by atoms with Gasteiger partial charge in [-0.25, -0.2) is 0 Å².